The summed E-state index contributed by atoms with van der Waals surface area (Å²) < 4.78 is 0. The third-order valence-electron chi connectivity index (χ3n) is 3.78. The van der Waals surface area contributed by atoms with E-state index in [0.29, 0.717) is 11.6 Å². The number of likely N-dealkylation sites (tertiary alicyclic amines) is 1. The van der Waals surface area contributed by atoms with Gasteiger partial charge in [-0.05, 0) is 54.1 Å². The lowest BCUT2D eigenvalue weighted by atomic mass is 9.85. The molecule has 0 aromatic heterocycles. The fourth-order valence-corrected chi connectivity index (χ4v) is 2.98. The van der Waals surface area contributed by atoms with Gasteiger partial charge in [0.25, 0.3) is 0 Å². The van der Waals surface area contributed by atoms with Crippen molar-refractivity contribution in [2.24, 2.45) is 5.92 Å². The van der Waals surface area contributed by atoms with Gasteiger partial charge in [-0.3, -0.25) is 4.90 Å². The zero-order valence-electron chi connectivity index (χ0n) is 11.5. The van der Waals surface area contributed by atoms with E-state index < -0.39 is 0 Å². The van der Waals surface area contributed by atoms with Crippen LogP contribution < -0.4 is 0 Å². The first-order chi connectivity index (χ1) is 6.73. The van der Waals surface area contributed by atoms with Crippen molar-refractivity contribution in [3.63, 3.8) is 0 Å². The molecule has 0 N–H and O–H groups in total. The molecule has 0 aliphatic carbocycles. The molecular weight excluding hydrogens is 184 g/mol. The van der Waals surface area contributed by atoms with Crippen LogP contribution in [0.2, 0.25) is 0 Å². The molecule has 0 aromatic rings. The second-order valence-corrected chi connectivity index (χ2v) is 6.42. The van der Waals surface area contributed by atoms with Gasteiger partial charge in [-0.15, -0.1) is 0 Å². The fourth-order valence-electron chi connectivity index (χ4n) is 2.98. The molecule has 0 aromatic carbocycles. The van der Waals surface area contributed by atoms with Gasteiger partial charge in [-0.25, -0.2) is 0 Å². The molecule has 1 aliphatic rings. The molecule has 0 spiro atoms. The number of hydrogen-bond donors (Lipinski definition) is 0. The Balaban J connectivity index is 2.71. The van der Waals surface area contributed by atoms with Crippen LogP contribution >= 0.6 is 0 Å². The Bertz CT molecular complexity index is 205. The maximum absolute atomic E-state index is 2.65. The molecule has 3 atom stereocenters. The Kier molecular flexibility index (Phi) is 3.83. The SMILES string of the molecule is CC1CN(C(C)(C)C)C(C)CC1N(C)C. The van der Waals surface area contributed by atoms with Crippen molar-refractivity contribution in [2.45, 2.75) is 58.7 Å². The molecule has 1 saturated heterocycles. The molecule has 1 rings (SSSR count). The van der Waals surface area contributed by atoms with Crippen molar-refractivity contribution in [2.75, 3.05) is 20.6 Å². The lowest BCUT2D eigenvalue weighted by Gasteiger charge is -2.49. The molecule has 0 bridgehead atoms. The summed E-state index contributed by atoms with van der Waals surface area (Å²) >= 11 is 0. The molecule has 0 saturated carbocycles. The van der Waals surface area contributed by atoms with Gasteiger partial charge in [0.1, 0.15) is 0 Å². The Morgan fingerprint density at radius 1 is 1.13 bits per heavy atom. The predicted molar refractivity (Wildman–Crippen MR) is 67.2 cm³/mol. The standard InChI is InChI=1S/C13H28N2/c1-10-9-15(13(3,4)5)11(2)8-12(10)14(6)7/h10-12H,8-9H2,1-7H3. The van der Waals surface area contributed by atoms with E-state index in [4.69, 9.17) is 0 Å². The van der Waals surface area contributed by atoms with Crippen molar-refractivity contribution >= 4 is 0 Å². The van der Waals surface area contributed by atoms with E-state index in [1.807, 2.05) is 0 Å². The smallest absolute Gasteiger partial charge is 0.0142 e. The average Bonchev–Trinajstić information content (AvgIpc) is 2.06. The van der Waals surface area contributed by atoms with Gasteiger partial charge in [0.15, 0.2) is 0 Å². The van der Waals surface area contributed by atoms with Crippen LogP contribution in [0.15, 0.2) is 0 Å². The van der Waals surface area contributed by atoms with Crippen LogP contribution in [0.4, 0.5) is 0 Å². The maximum atomic E-state index is 2.65. The number of nitrogens with zero attached hydrogens (tertiary/aromatic N) is 2. The summed E-state index contributed by atoms with van der Waals surface area (Å²) in [5.41, 5.74) is 0.310. The third kappa shape index (κ3) is 2.94. The van der Waals surface area contributed by atoms with Crippen molar-refractivity contribution in [1.82, 2.24) is 9.80 Å². The summed E-state index contributed by atoms with van der Waals surface area (Å²) in [6.07, 6.45) is 1.30. The lowest BCUT2D eigenvalue weighted by molar-refractivity contribution is -0.00213. The first-order valence-corrected chi connectivity index (χ1v) is 6.16. The quantitative estimate of drug-likeness (QED) is 0.659. The van der Waals surface area contributed by atoms with Crippen LogP contribution in [0.3, 0.4) is 0 Å². The van der Waals surface area contributed by atoms with Crippen LogP contribution in [0.5, 0.6) is 0 Å². The van der Waals surface area contributed by atoms with Crippen molar-refractivity contribution in [1.29, 1.82) is 0 Å². The summed E-state index contributed by atoms with van der Waals surface area (Å²) in [6, 6.07) is 1.45. The van der Waals surface area contributed by atoms with E-state index in [1.165, 1.54) is 13.0 Å². The second kappa shape index (κ2) is 4.42. The highest BCUT2D eigenvalue weighted by Gasteiger charge is 2.36. The third-order valence-corrected chi connectivity index (χ3v) is 3.78. The Morgan fingerprint density at radius 3 is 2.07 bits per heavy atom. The normalized spacial score (nSPS) is 34.8. The largest absolute Gasteiger partial charge is 0.306 e. The lowest BCUT2D eigenvalue weighted by Crippen LogP contribution is -2.57. The van der Waals surface area contributed by atoms with E-state index in [1.54, 1.807) is 0 Å². The summed E-state index contributed by atoms with van der Waals surface area (Å²) in [6.45, 7) is 13.0. The monoisotopic (exact) mass is 212 g/mol. The molecule has 1 fully saturated rings. The van der Waals surface area contributed by atoms with Crippen molar-refractivity contribution < 1.29 is 0 Å². The topological polar surface area (TPSA) is 6.48 Å². The van der Waals surface area contributed by atoms with Crippen LogP contribution in [0.25, 0.3) is 0 Å². The minimum Gasteiger partial charge on any atom is -0.306 e. The molecule has 1 heterocycles. The minimum absolute atomic E-state index is 0.310. The first kappa shape index (κ1) is 13.0. The Morgan fingerprint density at radius 2 is 1.67 bits per heavy atom. The van der Waals surface area contributed by atoms with Crippen LogP contribution in [0, 0.1) is 5.92 Å². The zero-order chi connectivity index (χ0) is 11.8. The van der Waals surface area contributed by atoms with Crippen molar-refractivity contribution in [3.8, 4) is 0 Å². The molecule has 3 unspecified atom stereocenters. The van der Waals surface area contributed by atoms with Crippen LogP contribution in [-0.2, 0) is 0 Å². The van der Waals surface area contributed by atoms with E-state index in [0.717, 1.165) is 12.0 Å². The highest BCUT2D eigenvalue weighted by atomic mass is 15.2. The van der Waals surface area contributed by atoms with E-state index in [-0.39, 0.29) is 0 Å². The molecule has 90 valence electrons. The first-order valence-electron chi connectivity index (χ1n) is 6.16. The summed E-state index contributed by atoms with van der Waals surface area (Å²) in [5, 5.41) is 0. The fraction of sp³-hybridized carbons (Fsp3) is 1.00. The van der Waals surface area contributed by atoms with Gasteiger partial charge in [-0.2, -0.15) is 0 Å². The summed E-state index contributed by atoms with van der Waals surface area (Å²) in [7, 11) is 4.42. The zero-order valence-corrected chi connectivity index (χ0v) is 11.5. The predicted octanol–water partition coefficient (Wildman–Crippen LogP) is 2.45. The van der Waals surface area contributed by atoms with Gasteiger partial charge in [-0.1, -0.05) is 6.92 Å². The van der Waals surface area contributed by atoms with E-state index in [2.05, 4.69) is 58.5 Å². The molecule has 1 aliphatic heterocycles. The molecule has 2 nitrogen and oxygen atoms in total. The Labute approximate surface area is 95.6 Å². The molecule has 2 heteroatoms. The van der Waals surface area contributed by atoms with Crippen LogP contribution in [0.1, 0.15) is 41.0 Å². The maximum Gasteiger partial charge on any atom is 0.0142 e. The highest BCUT2D eigenvalue weighted by molar-refractivity contribution is 4.92. The van der Waals surface area contributed by atoms with E-state index in [9.17, 15) is 0 Å². The van der Waals surface area contributed by atoms with Crippen molar-refractivity contribution in [3.05, 3.63) is 0 Å². The molecule has 0 radical (unpaired) electrons. The number of rotatable bonds is 1. The molecule has 15 heavy (non-hydrogen) atoms. The number of hydrogen-bond acceptors (Lipinski definition) is 2. The molecule has 0 amide bonds. The van der Waals surface area contributed by atoms with Gasteiger partial charge < -0.3 is 4.90 Å². The highest BCUT2D eigenvalue weighted by Crippen LogP contribution is 2.30. The summed E-state index contributed by atoms with van der Waals surface area (Å²) in [5.74, 6) is 0.774. The van der Waals surface area contributed by atoms with Gasteiger partial charge in [0, 0.05) is 24.2 Å². The van der Waals surface area contributed by atoms with E-state index >= 15 is 0 Å². The summed E-state index contributed by atoms with van der Waals surface area (Å²) in [4.78, 5) is 5.04. The number of piperidine rings is 1. The minimum atomic E-state index is 0.310. The molecular formula is C13H28N2. The average molecular weight is 212 g/mol. The van der Waals surface area contributed by atoms with Gasteiger partial charge >= 0.3 is 0 Å². The van der Waals surface area contributed by atoms with Gasteiger partial charge in [0.2, 0.25) is 0 Å². The Hall–Kier alpha value is -0.0800. The van der Waals surface area contributed by atoms with Gasteiger partial charge in [0.05, 0.1) is 0 Å². The van der Waals surface area contributed by atoms with Crippen LogP contribution in [-0.4, -0.2) is 48.1 Å². The second-order valence-electron chi connectivity index (χ2n) is 6.42.